The monoisotopic (exact) mass is 337 g/mol. The maximum absolute atomic E-state index is 12.1. The Balaban J connectivity index is 2.05. The molecule has 120 valence electrons. The second-order valence-electron chi connectivity index (χ2n) is 4.35. The van der Waals surface area contributed by atoms with E-state index in [9.17, 15) is 22.8 Å². The molecule has 2 rings (SSSR count). The SMILES string of the molecule is O=C1CNCCN1C(=O)Nc1ccc(OC(F)(F)F)c(Cl)c1. The number of benzene rings is 1. The molecule has 10 heteroatoms. The van der Waals surface area contributed by atoms with E-state index in [1.54, 1.807) is 0 Å². The summed E-state index contributed by atoms with van der Waals surface area (Å²) in [4.78, 5) is 24.5. The Bertz CT molecular complexity index is 595. The van der Waals surface area contributed by atoms with Crippen LogP contribution >= 0.6 is 11.6 Å². The highest BCUT2D eigenvalue weighted by molar-refractivity contribution is 6.32. The molecule has 1 saturated heterocycles. The summed E-state index contributed by atoms with van der Waals surface area (Å²) < 4.78 is 40.1. The number of rotatable bonds is 2. The van der Waals surface area contributed by atoms with Crippen molar-refractivity contribution in [3.8, 4) is 5.75 Å². The van der Waals surface area contributed by atoms with Crippen LogP contribution in [0.3, 0.4) is 0 Å². The summed E-state index contributed by atoms with van der Waals surface area (Å²) in [5.74, 6) is -0.975. The molecule has 6 nitrogen and oxygen atoms in total. The van der Waals surface area contributed by atoms with Gasteiger partial charge in [-0.3, -0.25) is 9.69 Å². The minimum Gasteiger partial charge on any atom is -0.404 e. The minimum absolute atomic E-state index is 0.0482. The van der Waals surface area contributed by atoms with Crippen molar-refractivity contribution in [3.05, 3.63) is 23.2 Å². The number of imide groups is 1. The van der Waals surface area contributed by atoms with Crippen LogP contribution < -0.4 is 15.4 Å². The number of carbonyl (C=O) groups excluding carboxylic acids is 2. The van der Waals surface area contributed by atoms with Gasteiger partial charge < -0.3 is 15.4 Å². The Kier molecular flexibility index (Phi) is 4.77. The van der Waals surface area contributed by atoms with Gasteiger partial charge in [-0.25, -0.2) is 4.79 Å². The van der Waals surface area contributed by atoms with Gasteiger partial charge in [-0.1, -0.05) is 11.6 Å². The van der Waals surface area contributed by atoms with Crippen molar-refractivity contribution in [2.45, 2.75) is 6.36 Å². The molecule has 1 aliphatic heterocycles. The number of urea groups is 1. The van der Waals surface area contributed by atoms with E-state index in [4.69, 9.17) is 11.6 Å². The van der Waals surface area contributed by atoms with Crippen molar-refractivity contribution in [2.75, 3.05) is 25.0 Å². The number of anilines is 1. The molecule has 0 atom stereocenters. The maximum Gasteiger partial charge on any atom is 0.573 e. The molecular formula is C12H11ClF3N3O3. The zero-order chi connectivity index (χ0) is 16.3. The molecule has 3 amide bonds. The van der Waals surface area contributed by atoms with Crippen molar-refractivity contribution in [2.24, 2.45) is 0 Å². The largest absolute Gasteiger partial charge is 0.573 e. The van der Waals surface area contributed by atoms with Crippen LogP contribution in [0.25, 0.3) is 0 Å². The number of halogens is 4. The Morgan fingerprint density at radius 1 is 1.41 bits per heavy atom. The molecule has 0 bridgehead atoms. The molecule has 22 heavy (non-hydrogen) atoms. The summed E-state index contributed by atoms with van der Waals surface area (Å²) in [7, 11) is 0. The summed E-state index contributed by atoms with van der Waals surface area (Å²) in [6.45, 7) is 0.721. The third-order valence-electron chi connectivity index (χ3n) is 2.74. The second kappa shape index (κ2) is 6.41. The predicted octanol–water partition coefficient (Wildman–Crippen LogP) is 2.20. The van der Waals surface area contributed by atoms with E-state index in [1.165, 1.54) is 6.07 Å². The number of carbonyl (C=O) groups is 2. The Morgan fingerprint density at radius 2 is 2.14 bits per heavy atom. The van der Waals surface area contributed by atoms with Gasteiger partial charge in [-0.2, -0.15) is 0 Å². The van der Waals surface area contributed by atoms with Gasteiger partial charge in [0, 0.05) is 18.8 Å². The quantitative estimate of drug-likeness (QED) is 0.868. The average molecular weight is 338 g/mol. The zero-order valence-corrected chi connectivity index (χ0v) is 11.8. The zero-order valence-electron chi connectivity index (χ0n) is 11.0. The highest BCUT2D eigenvalue weighted by Crippen LogP contribution is 2.32. The van der Waals surface area contributed by atoms with Gasteiger partial charge in [-0.15, -0.1) is 13.2 Å². The van der Waals surface area contributed by atoms with Crippen LogP contribution in [-0.2, 0) is 4.79 Å². The van der Waals surface area contributed by atoms with Crippen LogP contribution in [0.15, 0.2) is 18.2 Å². The highest BCUT2D eigenvalue weighted by atomic mass is 35.5. The Morgan fingerprint density at radius 3 is 2.73 bits per heavy atom. The first-order valence-electron chi connectivity index (χ1n) is 6.13. The van der Waals surface area contributed by atoms with Crippen LogP contribution in [0.5, 0.6) is 5.75 Å². The van der Waals surface area contributed by atoms with Crippen molar-refractivity contribution in [1.82, 2.24) is 10.2 Å². The molecule has 1 aromatic rings. The summed E-state index contributed by atoms with van der Waals surface area (Å²) in [5, 5.41) is 4.88. The van der Waals surface area contributed by atoms with Gasteiger partial charge >= 0.3 is 12.4 Å². The van der Waals surface area contributed by atoms with Crippen LogP contribution in [0.2, 0.25) is 5.02 Å². The van der Waals surface area contributed by atoms with Crippen molar-refractivity contribution >= 4 is 29.2 Å². The first-order chi connectivity index (χ1) is 10.3. The topological polar surface area (TPSA) is 70.7 Å². The fraction of sp³-hybridized carbons (Fsp3) is 0.333. The second-order valence-corrected chi connectivity index (χ2v) is 4.75. The van der Waals surface area contributed by atoms with E-state index in [2.05, 4.69) is 15.4 Å². The number of hydrogen-bond donors (Lipinski definition) is 2. The molecule has 0 spiro atoms. The minimum atomic E-state index is -4.86. The fourth-order valence-electron chi connectivity index (χ4n) is 1.80. The molecule has 0 aromatic heterocycles. The summed E-state index contributed by atoms with van der Waals surface area (Å²) >= 11 is 5.67. The average Bonchev–Trinajstić information content (AvgIpc) is 2.41. The maximum atomic E-state index is 12.1. The van der Waals surface area contributed by atoms with Crippen LogP contribution in [-0.4, -0.2) is 42.8 Å². The van der Waals surface area contributed by atoms with E-state index in [-0.39, 0.29) is 23.8 Å². The fourth-order valence-corrected chi connectivity index (χ4v) is 2.02. The third kappa shape index (κ3) is 4.25. The third-order valence-corrected chi connectivity index (χ3v) is 3.04. The molecule has 1 aromatic carbocycles. The normalized spacial score (nSPS) is 15.6. The van der Waals surface area contributed by atoms with Gasteiger partial charge in [0.1, 0.15) is 5.75 Å². The lowest BCUT2D eigenvalue weighted by Gasteiger charge is -2.25. The number of nitrogens with zero attached hydrogens (tertiary/aromatic N) is 1. The van der Waals surface area contributed by atoms with E-state index in [0.717, 1.165) is 17.0 Å². The summed E-state index contributed by atoms with van der Waals surface area (Å²) in [6.07, 6.45) is -4.86. The van der Waals surface area contributed by atoms with Crippen LogP contribution in [0.4, 0.5) is 23.7 Å². The number of alkyl halides is 3. The smallest absolute Gasteiger partial charge is 0.404 e. The van der Waals surface area contributed by atoms with Gasteiger partial charge in [0.15, 0.2) is 0 Å². The van der Waals surface area contributed by atoms with E-state index < -0.39 is 24.1 Å². The van der Waals surface area contributed by atoms with E-state index >= 15 is 0 Å². The number of piperazine rings is 1. The van der Waals surface area contributed by atoms with Crippen LogP contribution in [0.1, 0.15) is 0 Å². The first-order valence-corrected chi connectivity index (χ1v) is 6.51. The Labute approximate surface area is 128 Å². The summed E-state index contributed by atoms with van der Waals surface area (Å²) in [5.41, 5.74) is 0.149. The molecule has 1 fully saturated rings. The van der Waals surface area contributed by atoms with Crippen molar-refractivity contribution < 1.29 is 27.5 Å². The van der Waals surface area contributed by atoms with Gasteiger partial charge in [-0.05, 0) is 18.2 Å². The molecular weight excluding hydrogens is 327 g/mol. The van der Waals surface area contributed by atoms with E-state index in [0.29, 0.717) is 6.54 Å². The molecule has 0 radical (unpaired) electrons. The molecule has 0 unspecified atom stereocenters. The van der Waals surface area contributed by atoms with Gasteiger partial charge in [0.05, 0.1) is 11.6 Å². The number of nitrogens with one attached hydrogen (secondary N) is 2. The molecule has 1 aliphatic rings. The lowest BCUT2D eigenvalue weighted by molar-refractivity contribution is -0.274. The molecule has 1 heterocycles. The molecule has 0 aliphatic carbocycles. The first kappa shape index (κ1) is 16.4. The standard InChI is InChI=1S/C12H11ClF3N3O3/c13-8-5-7(1-2-9(8)22-12(14,15)16)18-11(21)19-4-3-17-6-10(19)20/h1-2,5,17H,3-4,6H2,(H,18,21). The molecule has 2 N–H and O–H groups in total. The molecule has 0 saturated carbocycles. The van der Waals surface area contributed by atoms with E-state index in [1.807, 2.05) is 0 Å². The number of amides is 3. The highest BCUT2D eigenvalue weighted by Gasteiger charge is 2.32. The lowest BCUT2D eigenvalue weighted by atomic mass is 10.3. The lowest BCUT2D eigenvalue weighted by Crippen LogP contribution is -2.52. The predicted molar refractivity (Wildman–Crippen MR) is 71.7 cm³/mol. The van der Waals surface area contributed by atoms with Crippen LogP contribution in [0, 0.1) is 0 Å². The van der Waals surface area contributed by atoms with Gasteiger partial charge in [0.25, 0.3) is 0 Å². The van der Waals surface area contributed by atoms with Crippen molar-refractivity contribution in [1.29, 1.82) is 0 Å². The van der Waals surface area contributed by atoms with Crippen molar-refractivity contribution in [3.63, 3.8) is 0 Å². The summed E-state index contributed by atoms with van der Waals surface area (Å²) in [6, 6.07) is 2.60. The van der Waals surface area contributed by atoms with Gasteiger partial charge in [0.2, 0.25) is 5.91 Å². The Hall–Kier alpha value is -2.00. The number of hydrogen-bond acceptors (Lipinski definition) is 4. The number of ether oxygens (including phenoxy) is 1.